The highest BCUT2D eigenvalue weighted by atomic mass is 16.7. The highest BCUT2D eigenvalue weighted by Crippen LogP contribution is 2.28. The third-order valence-corrected chi connectivity index (χ3v) is 3.28. The lowest BCUT2D eigenvalue weighted by Gasteiger charge is -2.23. The van der Waals surface area contributed by atoms with Crippen molar-refractivity contribution in [2.45, 2.75) is 19.3 Å². The molecule has 2 atom stereocenters. The molecule has 2 rings (SSSR count). The average Bonchev–Trinajstić information content (AvgIpc) is 2.83. The minimum absolute atomic E-state index is 0.0524. The van der Waals surface area contributed by atoms with Crippen molar-refractivity contribution >= 4 is 5.71 Å². The Labute approximate surface area is 113 Å². The lowest BCUT2D eigenvalue weighted by molar-refractivity contribution is -0.139. The Morgan fingerprint density at radius 1 is 1.11 bits per heavy atom. The van der Waals surface area contributed by atoms with Crippen LogP contribution in [-0.2, 0) is 14.3 Å². The largest absolute Gasteiger partial charge is 0.497 e. The molecule has 0 aromatic heterocycles. The quantitative estimate of drug-likeness (QED) is 0.765. The van der Waals surface area contributed by atoms with E-state index in [0.717, 1.165) is 17.0 Å². The van der Waals surface area contributed by atoms with Crippen LogP contribution in [0.25, 0.3) is 0 Å². The molecule has 0 saturated carbocycles. The monoisotopic (exact) mass is 265 g/mol. The van der Waals surface area contributed by atoms with E-state index in [1.54, 1.807) is 21.3 Å². The molecule has 0 unspecified atom stereocenters. The van der Waals surface area contributed by atoms with E-state index in [9.17, 15) is 0 Å². The number of benzene rings is 1. The Morgan fingerprint density at radius 3 is 2.26 bits per heavy atom. The Kier molecular flexibility index (Phi) is 4.39. The lowest BCUT2D eigenvalue weighted by Crippen LogP contribution is -2.36. The maximum atomic E-state index is 5.37. The summed E-state index contributed by atoms with van der Waals surface area (Å²) in [5, 5.41) is 4.16. The van der Waals surface area contributed by atoms with Gasteiger partial charge in [0.25, 0.3) is 0 Å². The summed E-state index contributed by atoms with van der Waals surface area (Å²) in [4.78, 5) is 5.37. The molecule has 1 aliphatic rings. The summed E-state index contributed by atoms with van der Waals surface area (Å²) in [6, 6.07) is 7.70. The molecular weight excluding hydrogens is 246 g/mol. The van der Waals surface area contributed by atoms with Crippen LogP contribution in [0.5, 0.6) is 5.75 Å². The van der Waals surface area contributed by atoms with Gasteiger partial charge in [-0.25, -0.2) is 0 Å². The molecule has 0 amide bonds. The molecule has 1 aliphatic heterocycles. The zero-order chi connectivity index (χ0) is 13.8. The molecule has 0 fully saturated rings. The molecule has 19 heavy (non-hydrogen) atoms. The average molecular weight is 265 g/mol. The van der Waals surface area contributed by atoms with Crippen LogP contribution in [0.2, 0.25) is 0 Å². The summed E-state index contributed by atoms with van der Waals surface area (Å²) < 4.78 is 15.8. The first-order valence-corrected chi connectivity index (χ1v) is 6.15. The predicted molar refractivity (Wildman–Crippen MR) is 71.4 cm³/mol. The molecule has 5 heteroatoms. The Morgan fingerprint density at radius 2 is 1.74 bits per heavy atom. The summed E-state index contributed by atoms with van der Waals surface area (Å²) >= 11 is 0. The summed E-state index contributed by atoms with van der Waals surface area (Å²) in [5.41, 5.74) is 1.82. The van der Waals surface area contributed by atoms with Crippen LogP contribution in [0.1, 0.15) is 12.5 Å². The molecular formula is C14H19NO4. The van der Waals surface area contributed by atoms with Gasteiger partial charge in [0.2, 0.25) is 0 Å². The number of nitrogens with zero attached hydrogens (tertiary/aromatic N) is 1. The Bertz CT molecular complexity index is 439. The maximum Gasteiger partial charge on any atom is 0.168 e. The smallest absolute Gasteiger partial charge is 0.168 e. The number of hydrogen-bond donors (Lipinski definition) is 0. The van der Waals surface area contributed by atoms with Gasteiger partial charge in [0.05, 0.1) is 18.7 Å². The minimum Gasteiger partial charge on any atom is -0.497 e. The van der Waals surface area contributed by atoms with E-state index in [0.29, 0.717) is 0 Å². The fourth-order valence-electron chi connectivity index (χ4n) is 2.24. The second-order valence-electron chi connectivity index (χ2n) is 4.38. The van der Waals surface area contributed by atoms with Crippen molar-refractivity contribution in [2.75, 3.05) is 21.3 Å². The number of ether oxygens (including phenoxy) is 3. The minimum atomic E-state index is -0.377. The fraction of sp³-hybridized carbons (Fsp3) is 0.500. The van der Waals surface area contributed by atoms with Gasteiger partial charge in [-0.15, -0.1) is 0 Å². The zero-order valence-electron chi connectivity index (χ0n) is 11.6. The predicted octanol–water partition coefficient (Wildman–Crippen LogP) is 2.05. The van der Waals surface area contributed by atoms with Crippen LogP contribution in [0.15, 0.2) is 29.4 Å². The van der Waals surface area contributed by atoms with Gasteiger partial charge in [0.15, 0.2) is 6.29 Å². The van der Waals surface area contributed by atoms with E-state index in [1.807, 2.05) is 31.2 Å². The van der Waals surface area contributed by atoms with Crippen molar-refractivity contribution in [2.24, 2.45) is 11.1 Å². The standard InChI is InChI=1S/C14H19NO4/c1-9-12(14(17-3)18-4)13(15-19-9)10-5-7-11(16-2)8-6-10/h5-9,12,14H,1-4H3/t9-,12-/m1/s1. The number of methoxy groups -OCH3 is 3. The van der Waals surface area contributed by atoms with Gasteiger partial charge in [0.1, 0.15) is 11.9 Å². The van der Waals surface area contributed by atoms with E-state index in [4.69, 9.17) is 19.0 Å². The molecule has 0 radical (unpaired) electrons. The van der Waals surface area contributed by atoms with Crippen molar-refractivity contribution in [1.82, 2.24) is 0 Å². The van der Waals surface area contributed by atoms with Gasteiger partial charge >= 0.3 is 0 Å². The Balaban J connectivity index is 2.26. The molecule has 0 N–H and O–H groups in total. The first-order chi connectivity index (χ1) is 9.21. The molecule has 0 bridgehead atoms. The highest BCUT2D eigenvalue weighted by Gasteiger charge is 2.38. The second-order valence-corrected chi connectivity index (χ2v) is 4.38. The molecule has 1 heterocycles. The van der Waals surface area contributed by atoms with Crippen molar-refractivity contribution in [3.8, 4) is 5.75 Å². The molecule has 0 spiro atoms. The van der Waals surface area contributed by atoms with Crippen LogP contribution in [-0.4, -0.2) is 39.4 Å². The van der Waals surface area contributed by atoms with Gasteiger partial charge < -0.3 is 19.0 Å². The third kappa shape index (κ3) is 2.72. The number of rotatable bonds is 5. The molecule has 0 saturated heterocycles. The Hall–Kier alpha value is -1.59. The first-order valence-electron chi connectivity index (χ1n) is 6.15. The summed E-state index contributed by atoms with van der Waals surface area (Å²) in [5.74, 6) is 0.756. The van der Waals surface area contributed by atoms with E-state index in [1.165, 1.54) is 0 Å². The molecule has 5 nitrogen and oxygen atoms in total. The van der Waals surface area contributed by atoms with Gasteiger partial charge in [-0.3, -0.25) is 0 Å². The SMILES string of the molecule is COc1ccc(C2=NO[C@H](C)[C@H]2C(OC)OC)cc1. The van der Waals surface area contributed by atoms with Gasteiger partial charge in [0, 0.05) is 19.8 Å². The van der Waals surface area contributed by atoms with Crippen LogP contribution in [0.3, 0.4) is 0 Å². The highest BCUT2D eigenvalue weighted by molar-refractivity contribution is 6.03. The van der Waals surface area contributed by atoms with Crippen LogP contribution < -0.4 is 4.74 Å². The molecule has 0 aliphatic carbocycles. The zero-order valence-corrected chi connectivity index (χ0v) is 11.6. The maximum absolute atomic E-state index is 5.37. The van der Waals surface area contributed by atoms with E-state index in [2.05, 4.69) is 5.16 Å². The lowest BCUT2D eigenvalue weighted by atomic mass is 9.92. The fourth-order valence-corrected chi connectivity index (χ4v) is 2.24. The molecule has 1 aromatic rings. The van der Waals surface area contributed by atoms with Gasteiger partial charge in [-0.2, -0.15) is 0 Å². The van der Waals surface area contributed by atoms with Crippen LogP contribution in [0, 0.1) is 5.92 Å². The van der Waals surface area contributed by atoms with Crippen molar-refractivity contribution < 1.29 is 19.0 Å². The van der Waals surface area contributed by atoms with Crippen molar-refractivity contribution in [3.05, 3.63) is 29.8 Å². The van der Waals surface area contributed by atoms with Gasteiger partial charge in [-0.05, 0) is 31.2 Å². The van der Waals surface area contributed by atoms with Crippen LogP contribution in [0.4, 0.5) is 0 Å². The second kappa shape index (κ2) is 6.04. The van der Waals surface area contributed by atoms with Crippen molar-refractivity contribution in [3.63, 3.8) is 0 Å². The first kappa shape index (κ1) is 13.8. The number of oxime groups is 1. The van der Waals surface area contributed by atoms with Crippen LogP contribution >= 0.6 is 0 Å². The van der Waals surface area contributed by atoms with E-state index < -0.39 is 0 Å². The summed E-state index contributed by atoms with van der Waals surface area (Å²) in [6.45, 7) is 1.95. The number of hydrogen-bond acceptors (Lipinski definition) is 5. The van der Waals surface area contributed by atoms with E-state index in [-0.39, 0.29) is 18.3 Å². The third-order valence-electron chi connectivity index (χ3n) is 3.28. The summed E-state index contributed by atoms with van der Waals surface area (Å²) in [7, 11) is 4.87. The summed E-state index contributed by atoms with van der Waals surface area (Å²) in [6.07, 6.45) is -0.458. The molecule has 104 valence electrons. The van der Waals surface area contributed by atoms with Crippen molar-refractivity contribution in [1.29, 1.82) is 0 Å². The van der Waals surface area contributed by atoms with Gasteiger partial charge in [-0.1, -0.05) is 5.16 Å². The normalized spacial score (nSPS) is 22.3. The topological polar surface area (TPSA) is 49.3 Å². The van der Waals surface area contributed by atoms with E-state index >= 15 is 0 Å². The molecule has 1 aromatic carbocycles.